The Hall–Kier alpha value is -2.95. The van der Waals surface area contributed by atoms with E-state index in [-0.39, 0.29) is 18.6 Å². The molecule has 0 heterocycles. The Labute approximate surface area is 153 Å². The molecule has 0 aromatic heterocycles. The van der Waals surface area contributed by atoms with Crippen molar-refractivity contribution >= 4 is 23.3 Å². The van der Waals surface area contributed by atoms with E-state index in [0.717, 1.165) is 11.1 Å². The minimum Gasteiger partial charge on any atom is -0.453 e. The third kappa shape index (κ3) is 5.55. The molecular formula is C21H23NO4. The molecule has 1 amide bonds. The molecule has 1 N–H and O–H groups in total. The zero-order valence-electron chi connectivity index (χ0n) is 15.2. The Bertz CT molecular complexity index is 799. The quantitative estimate of drug-likeness (QED) is 0.606. The van der Waals surface area contributed by atoms with Gasteiger partial charge in [-0.1, -0.05) is 30.3 Å². The number of hydrogen-bond donors (Lipinski definition) is 1. The van der Waals surface area contributed by atoms with E-state index in [1.807, 2.05) is 32.0 Å². The van der Waals surface area contributed by atoms with Crippen LogP contribution in [0.15, 0.2) is 48.5 Å². The summed E-state index contributed by atoms with van der Waals surface area (Å²) in [6, 6.07) is 14.4. The molecule has 0 fully saturated rings. The summed E-state index contributed by atoms with van der Waals surface area (Å²) in [5, 5.41) is 2.67. The molecule has 0 spiro atoms. The highest BCUT2D eigenvalue weighted by Crippen LogP contribution is 2.13. The highest BCUT2D eigenvalue weighted by atomic mass is 16.5. The maximum absolute atomic E-state index is 12.2. The summed E-state index contributed by atoms with van der Waals surface area (Å²) >= 11 is 0. The predicted molar refractivity (Wildman–Crippen MR) is 100 cm³/mol. The lowest BCUT2D eigenvalue weighted by molar-refractivity contribution is -0.153. The van der Waals surface area contributed by atoms with Crippen molar-refractivity contribution in [3.8, 4) is 0 Å². The second-order valence-electron chi connectivity index (χ2n) is 6.21. The molecule has 0 bridgehead atoms. The molecule has 0 saturated carbocycles. The maximum atomic E-state index is 12.2. The fourth-order valence-corrected chi connectivity index (χ4v) is 2.35. The van der Waals surface area contributed by atoms with Gasteiger partial charge < -0.3 is 10.1 Å². The van der Waals surface area contributed by atoms with E-state index in [4.69, 9.17) is 4.74 Å². The number of ketones is 1. The normalized spacial score (nSPS) is 11.5. The average Bonchev–Trinajstić information content (AvgIpc) is 2.62. The second-order valence-corrected chi connectivity index (χ2v) is 6.21. The second kappa shape index (κ2) is 8.94. The van der Waals surface area contributed by atoms with Crippen LogP contribution in [0.4, 0.5) is 5.69 Å². The van der Waals surface area contributed by atoms with E-state index < -0.39 is 18.0 Å². The average molecular weight is 353 g/mol. The predicted octanol–water partition coefficient (Wildman–Crippen LogP) is 3.84. The molecule has 0 radical (unpaired) electrons. The molecule has 0 saturated heterocycles. The Kier molecular flexibility index (Phi) is 6.67. The highest BCUT2D eigenvalue weighted by molar-refractivity contribution is 5.98. The third-order valence-corrected chi connectivity index (χ3v) is 4.10. The minimum atomic E-state index is -0.931. The Balaban J connectivity index is 1.81. The van der Waals surface area contributed by atoms with E-state index in [1.165, 1.54) is 6.92 Å². The van der Waals surface area contributed by atoms with Crippen molar-refractivity contribution in [2.24, 2.45) is 0 Å². The molecule has 0 aliphatic heterocycles. The number of carbonyl (C=O) groups is 3. The maximum Gasteiger partial charge on any atom is 0.307 e. The van der Waals surface area contributed by atoms with Crippen LogP contribution in [0.25, 0.3) is 0 Å². The molecule has 1 atom stereocenters. The van der Waals surface area contributed by atoms with Crippen molar-refractivity contribution in [1.29, 1.82) is 0 Å². The summed E-state index contributed by atoms with van der Waals surface area (Å²) in [6.45, 7) is 5.41. The van der Waals surface area contributed by atoms with Gasteiger partial charge in [-0.3, -0.25) is 14.4 Å². The molecule has 2 aromatic carbocycles. The topological polar surface area (TPSA) is 72.5 Å². The van der Waals surface area contributed by atoms with Gasteiger partial charge in [0.2, 0.25) is 0 Å². The lowest BCUT2D eigenvalue weighted by Gasteiger charge is -2.13. The van der Waals surface area contributed by atoms with Crippen molar-refractivity contribution in [3.63, 3.8) is 0 Å². The van der Waals surface area contributed by atoms with E-state index in [9.17, 15) is 14.4 Å². The number of benzene rings is 2. The number of nitrogens with one attached hydrogen (secondary N) is 1. The van der Waals surface area contributed by atoms with Crippen molar-refractivity contribution in [2.45, 2.75) is 39.7 Å². The number of para-hydroxylation sites is 1. The zero-order valence-corrected chi connectivity index (χ0v) is 15.2. The number of rotatable bonds is 7. The van der Waals surface area contributed by atoms with Gasteiger partial charge in [0, 0.05) is 17.7 Å². The number of anilines is 1. The Morgan fingerprint density at radius 2 is 1.65 bits per heavy atom. The molecular weight excluding hydrogens is 330 g/mol. The van der Waals surface area contributed by atoms with Crippen molar-refractivity contribution in [2.75, 3.05) is 5.32 Å². The summed E-state index contributed by atoms with van der Waals surface area (Å²) in [7, 11) is 0. The van der Waals surface area contributed by atoms with Crippen molar-refractivity contribution in [1.82, 2.24) is 0 Å². The number of esters is 1. The number of hydrogen-bond acceptors (Lipinski definition) is 4. The van der Waals surface area contributed by atoms with Crippen LogP contribution in [0, 0.1) is 13.8 Å². The van der Waals surface area contributed by atoms with Gasteiger partial charge in [-0.15, -0.1) is 0 Å². The van der Waals surface area contributed by atoms with Crippen LogP contribution in [0.2, 0.25) is 0 Å². The van der Waals surface area contributed by atoms with Crippen LogP contribution in [-0.2, 0) is 14.3 Å². The van der Waals surface area contributed by atoms with Gasteiger partial charge in [-0.25, -0.2) is 0 Å². The van der Waals surface area contributed by atoms with Crippen LogP contribution >= 0.6 is 0 Å². The zero-order chi connectivity index (χ0) is 19.1. The first-order valence-corrected chi connectivity index (χ1v) is 8.52. The van der Waals surface area contributed by atoms with Gasteiger partial charge in [0.05, 0.1) is 6.42 Å². The Morgan fingerprint density at radius 3 is 2.31 bits per heavy atom. The number of aryl methyl sites for hydroxylation is 2. The first-order chi connectivity index (χ1) is 12.4. The van der Waals surface area contributed by atoms with Gasteiger partial charge >= 0.3 is 5.97 Å². The summed E-state index contributed by atoms with van der Waals surface area (Å²) in [6.07, 6.45) is -0.942. The number of ether oxygens (including phenoxy) is 1. The fraction of sp³-hybridized carbons (Fsp3) is 0.286. The molecule has 136 valence electrons. The van der Waals surface area contributed by atoms with Gasteiger partial charge in [0.15, 0.2) is 11.9 Å². The van der Waals surface area contributed by atoms with Gasteiger partial charge in [0.25, 0.3) is 5.91 Å². The highest BCUT2D eigenvalue weighted by Gasteiger charge is 2.19. The van der Waals surface area contributed by atoms with Crippen LogP contribution in [0.5, 0.6) is 0 Å². The van der Waals surface area contributed by atoms with Gasteiger partial charge in [-0.2, -0.15) is 0 Å². The molecule has 2 rings (SSSR count). The van der Waals surface area contributed by atoms with Crippen LogP contribution in [0.3, 0.4) is 0 Å². The summed E-state index contributed by atoms with van der Waals surface area (Å²) in [4.78, 5) is 36.1. The molecule has 0 aliphatic rings. The van der Waals surface area contributed by atoms with Gasteiger partial charge in [-0.05, 0) is 50.1 Å². The fourth-order valence-electron chi connectivity index (χ4n) is 2.35. The first-order valence-electron chi connectivity index (χ1n) is 8.52. The van der Waals surface area contributed by atoms with E-state index in [2.05, 4.69) is 5.32 Å². The number of carbonyl (C=O) groups excluding carboxylic acids is 3. The SMILES string of the molecule is Cc1ccc(C(=O)CCC(=O)O[C@H](C)C(=O)Nc2ccccc2)cc1C. The largest absolute Gasteiger partial charge is 0.453 e. The van der Waals surface area contributed by atoms with E-state index in [1.54, 1.807) is 30.3 Å². The van der Waals surface area contributed by atoms with Crippen molar-refractivity contribution in [3.05, 3.63) is 65.2 Å². The van der Waals surface area contributed by atoms with Crippen LogP contribution in [-0.4, -0.2) is 23.8 Å². The molecule has 5 heteroatoms. The number of amides is 1. The molecule has 2 aromatic rings. The Morgan fingerprint density at radius 1 is 0.962 bits per heavy atom. The van der Waals surface area contributed by atoms with E-state index >= 15 is 0 Å². The number of Topliss-reactive ketones (excluding diaryl/α,β-unsaturated/α-hetero) is 1. The summed E-state index contributed by atoms with van der Waals surface area (Å²) in [5.41, 5.74) is 3.35. The lowest BCUT2D eigenvalue weighted by atomic mass is 10.0. The summed E-state index contributed by atoms with van der Waals surface area (Å²) in [5.74, 6) is -1.10. The minimum absolute atomic E-state index is 0.0500. The van der Waals surface area contributed by atoms with Crippen molar-refractivity contribution < 1.29 is 19.1 Å². The smallest absolute Gasteiger partial charge is 0.307 e. The molecule has 5 nitrogen and oxygen atoms in total. The van der Waals surface area contributed by atoms with Crippen LogP contribution in [0.1, 0.15) is 41.3 Å². The van der Waals surface area contributed by atoms with Crippen LogP contribution < -0.4 is 5.32 Å². The first kappa shape index (κ1) is 19.4. The lowest BCUT2D eigenvalue weighted by Crippen LogP contribution is -2.30. The summed E-state index contributed by atoms with van der Waals surface area (Å²) < 4.78 is 5.11. The molecule has 0 unspecified atom stereocenters. The monoisotopic (exact) mass is 353 g/mol. The molecule has 26 heavy (non-hydrogen) atoms. The van der Waals surface area contributed by atoms with Gasteiger partial charge in [0.1, 0.15) is 0 Å². The molecule has 0 aliphatic carbocycles. The third-order valence-electron chi connectivity index (χ3n) is 4.10. The van der Waals surface area contributed by atoms with E-state index in [0.29, 0.717) is 11.3 Å². The standard InChI is InChI=1S/C21H23NO4/c1-14-9-10-17(13-15(14)2)19(23)11-12-20(24)26-16(3)21(25)22-18-7-5-4-6-8-18/h4-10,13,16H,11-12H2,1-3H3,(H,22,25)/t16-/m1/s1.